The summed E-state index contributed by atoms with van der Waals surface area (Å²) in [5.74, 6) is -0.361. The Bertz CT molecular complexity index is 571. The Labute approximate surface area is 130 Å². The molecule has 118 valence electrons. The van der Waals surface area contributed by atoms with E-state index in [1.165, 1.54) is 4.90 Å². The van der Waals surface area contributed by atoms with Gasteiger partial charge in [-0.3, -0.25) is 19.4 Å². The van der Waals surface area contributed by atoms with E-state index in [4.69, 9.17) is 0 Å². The molecule has 0 spiro atoms. The molecule has 6 nitrogen and oxygen atoms in total. The fraction of sp³-hybridized carbons (Fsp3) is 0.438. The number of anilines is 1. The maximum Gasteiger partial charge on any atom is 0.332 e. The van der Waals surface area contributed by atoms with E-state index >= 15 is 0 Å². The van der Waals surface area contributed by atoms with Crippen molar-refractivity contribution in [2.24, 2.45) is 5.92 Å². The third-order valence-electron chi connectivity index (χ3n) is 3.49. The molecule has 0 unspecified atom stereocenters. The van der Waals surface area contributed by atoms with Crippen LogP contribution in [0, 0.1) is 5.92 Å². The predicted molar refractivity (Wildman–Crippen MR) is 83.3 cm³/mol. The van der Waals surface area contributed by atoms with Gasteiger partial charge in [0.1, 0.15) is 12.6 Å². The molecular weight excluding hydrogens is 282 g/mol. The van der Waals surface area contributed by atoms with Crippen LogP contribution in [0.15, 0.2) is 30.3 Å². The molecule has 1 aromatic rings. The maximum atomic E-state index is 12.5. The van der Waals surface area contributed by atoms with Gasteiger partial charge in [-0.1, -0.05) is 32.0 Å². The molecule has 4 amide bonds. The van der Waals surface area contributed by atoms with Crippen LogP contribution in [-0.4, -0.2) is 41.9 Å². The third kappa shape index (κ3) is 3.27. The van der Waals surface area contributed by atoms with E-state index in [1.54, 1.807) is 31.2 Å². The third-order valence-corrected chi connectivity index (χ3v) is 3.49. The molecule has 1 aliphatic heterocycles. The minimum atomic E-state index is -0.604. The van der Waals surface area contributed by atoms with E-state index < -0.39 is 12.1 Å². The van der Waals surface area contributed by atoms with Crippen LogP contribution in [0.3, 0.4) is 0 Å². The number of hydrogen-bond donors (Lipinski definition) is 1. The van der Waals surface area contributed by atoms with Crippen molar-refractivity contribution < 1.29 is 14.4 Å². The minimum Gasteiger partial charge on any atom is -0.354 e. The Morgan fingerprint density at radius 3 is 2.45 bits per heavy atom. The maximum absolute atomic E-state index is 12.5. The van der Waals surface area contributed by atoms with Gasteiger partial charge in [-0.25, -0.2) is 4.79 Å². The van der Waals surface area contributed by atoms with E-state index in [9.17, 15) is 14.4 Å². The summed E-state index contributed by atoms with van der Waals surface area (Å²) in [4.78, 5) is 39.0. The smallest absolute Gasteiger partial charge is 0.332 e. The van der Waals surface area contributed by atoms with Gasteiger partial charge in [0.2, 0.25) is 5.91 Å². The molecule has 0 saturated carbocycles. The van der Waals surface area contributed by atoms with E-state index in [2.05, 4.69) is 5.32 Å². The van der Waals surface area contributed by atoms with Crippen molar-refractivity contribution in [3.05, 3.63) is 30.3 Å². The molecule has 1 fully saturated rings. The van der Waals surface area contributed by atoms with Crippen LogP contribution < -0.4 is 10.2 Å². The van der Waals surface area contributed by atoms with E-state index in [0.717, 1.165) is 4.90 Å². The van der Waals surface area contributed by atoms with Crippen molar-refractivity contribution in [1.82, 2.24) is 10.2 Å². The molecule has 1 aliphatic rings. The summed E-state index contributed by atoms with van der Waals surface area (Å²) < 4.78 is 0. The molecule has 0 radical (unpaired) electrons. The Morgan fingerprint density at radius 1 is 1.23 bits per heavy atom. The molecule has 1 atom stereocenters. The van der Waals surface area contributed by atoms with Gasteiger partial charge < -0.3 is 5.32 Å². The van der Waals surface area contributed by atoms with Gasteiger partial charge in [0, 0.05) is 12.2 Å². The minimum absolute atomic E-state index is 0.238. The van der Waals surface area contributed by atoms with Gasteiger partial charge in [-0.15, -0.1) is 0 Å². The monoisotopic (exact) mass is 303 g/mol. The number of nitrogens with one attached hydrogen (secondary N) is 1. The number of para-hydroxylation sites is 1. The van der Waals surface area contributed by atoms with Crippen molar-refractivity contribution in [3.63, 3.8) is 0 Å². The SMILES string of the molecule is CC(C)CNC(=O)CN1C(=O)[C@@H](C)N(c2ccccc2)C1=O. The van der Waals surface area contributed by atoms with Crippen LogP contribution in [0.5, 0.6) is 0 Å². The first kappa shape index (κ1) is 16.0. The molecule has 0 aromatic heterocycles. The Balaban J connectivity index is 2.09. The summed E-state index contributed by atoms with van der Waals surface area (Å²) in [7, 11) is 0. The molecule has 1 N–H and O–H groups in total. The highest BCUT2D eigenvalue weighted by molar-refractivity contribution is 6.15. The fourth-order valence-corrected chi connectivity index (χ4v) is 2.31. The number of carbonyl (C=O) groups excluding carboxylic acids is 3. The lowest BCUT2D eigenvalue weighted by Crippen LogP contribution is -2.42. The Morgan fingerprint density at radius 2 is 1.86 bits per heavy atom. The number of imide groups is 1. The van der Waals surface area contributed by atoms with Crippen LogP contribution in [0.1, 0.15) is 20.8 Å². The molecule has 1 aromatic carbocycles. The molecule has 22 heavy (non-hydrogen) atoms. The fourth-order valence-electron chi connectivity index (χ4n) is 2.31. The van der Waals surface area contributed by atoms with Crippen LogP contribution in [0.25, 0.3) is 0 Å². The van der Waals surface area contributed by atoms with Crippen LogP contribution in [0.2, 0.25) is 0 Å². The summed E-state index contributed by atoms with van der Waals surface area (Å²) >= 11 is 0. The highest BCUT2D eigenvalue weighted by Crippen LogP contribution is 2.25. The Hall–Kier alpha value is -2.37. The highest BCUT2D eigenvalue weighted by Gasteiger charge is 2.43. The number of benzene rings is 1. The van der Waals surface area contributed by atoms with Crippen molar-refractivity contribution in [2.75, 3.05) is 18.0 Å². The summed E-state index contributed by atoms with van der Waals surface area (Å²) in [5, 5.41) is 2.72. The molecule has 0 aliphatic carbocycles. The van der Waals surface area contributed by atoms with Gasteiger partial charge in [0.15, 0.2) is 0 Å². The highest BCUT2D eigenvalue weighted by atomic mass is 16.2. The zero-order valence-corrected chi connectivity index (χ0v) is 13.1. The van der Waals surface area contributed by atoms with Gasteiger partial charge in [0.25, 0.3) is 5.91 Å². The largest absolute Gasteiger partial charge is 0.354 e. The zero-order chi connectivity index (χ0) is 16.3. The van der Waals surface area contributed by atoms with Gasteiger partial charge >= 0.3 is 6.03 Å². The Kier molecular flexibility index (Phi) is 4.80. The normalized spacial score (nSPS) is 18.3. The zero-order valence-electron chi connectivity index (χ0n) is 13.1. The number of amides is 4. The number of nitrogens with zero attached hydrogens (tertiary/aromatic N) is 2. The standard InChI is InChI=1S/C16H21N3O3/c1-11(2)9-17-14(20)10-18-15(21)12(3)19(16(18)22)13-7-5-4-6-8-13/h4-8,11-12H,9-10H2,1-3H3,(H,17,20)/t12-/m1/s1. The molecule has 6 heteroatoms. The molecule has 0 bridgehead atoms. The van der Waals surface area contributed by atoms with Crippen LogP contribution in [-0.2, 0) is 9.59 Å². The average molecular weight is 303 g/mol. The number of rotatable bonds is 5. The second kappa shape index (κ2) is 6.60. The summed E-state index contributed by atoms with van der Waals surface area (Å²) in [5.41, 5.74) is 0.651. The van der Waals surface area contributed by atoms with Crippen molar-refractivity contribution in [3.8, 4) is 0 Å². The van der Waals surface area contributed by atoms with E-state index in [0.29, 0.717) is 18.2 Å². The van der Waals surface area contributed by atoms with Crippen LogP contribution >= 0.6 is 0 Å². The van der Waals surface area contributed by atoms with Crippen LogP contribution in [0.4, 0.5) is 10.5 Å². The van der Waals surface area contributed by atoms with Crippen molar-refractivity contribution >= 4 is 23.5 Å². The molecular formula is C16H21N3O3. The molecule has 1 saturated heterocycles. The molecule has 2 rings (SSSR count). The van der Waals surface area contributed by atoms with Crippen molar-refractivity contribution in [2.45, 2.75) is 26.8 Å². The number of hydrogen-bond acceptors (Lipinski definition) is 3. The lowest BCUT2D eigenvalue weighted by Gasteiger charge is -2.19. The number of carbonyl (C=O) groups is 3. The summed E-state index contributed by atoms with van der Waals surface area (Å²) in [6.45, 7) is 5.90. The summed E-state index contributed by atoms with van der Waals surface area (Å²) in [6, 6.07) is 7.92. The van der Waals surface area contributed by atoms with E-state index in [-0.39, 0.29) is 18.4 Å². The second-order valence-electron chi connectivity index (χ2n) is 5.79. The second-order valence-corrected chi connectivity index (χ2v) is 5.79. The first-order valence-corrected chi connectivity index (χ1v) is 7.38. The molecule has 1 heterocycles. The first-order valence-electron chi connectivity index (χ1n) is 7.38. The quantitative estimate of drug-likeness (QED) is 0.840. The lowest BCUT2D eigenvalue weighted by molar-refractivity contribution is -0.131. The predicted octanol–water partition coefficient (Wildman–Crippen LogP) is 1.62. The van der Waals surface area contributed by atoms with Crippen molar-refractivity contribution in [1.29, 1.82) is 0 Å². The first-order chi connectivity index (χ1) is 10.4. The summed E-state index contributed by atoms with van der Waals surface area (Å²) in [6.07, 6.45) is 0. The van der Waals surface area contributed by atoms with Gasteiger partial charge in [-0.2, -0.15) is 0 Å². The topological polar surface area (TPSA) is 69.7 Å². The van der Waals surface area contributed by atoms with E-state index in [1.807, 2.05) is 19.9 Å². The lowest BCUT2D eigenvalue weighted by atomic mass is 10.2. The average Bonchev–Trinajstić information content (AvgIpc) is 2.70. The number of urea groups is 1. The van der Waals surface area contributed by atoms with Gasteiger partial charge in [-0.05, 0) is 25.0 Å². The van der Waals surface area contributed by atoms with Gasteiger partial charge in [0.05, 0.1) is 0 Å².